The first-order chi connectivity index (χ1) is 10.6. The lowest BCUT2D eigenvalue weighted by molar-refractivity contribution is 0.412. The number of aromatic hydroxyl groups is 1. The van der Waals surface area contributed by atoms with Crippen molar-refractivity contribution in [1.82, 2.24) is 5.43 Å². The maximum atomic E-state index is 12.8. The fourth-order valence-corrected chi connectivity index (χ4v) is 1.79. The van der Waals surface area contributed by atoms with E-state index >= 15 is 0 Å². The van der Waals surface area contributed by atoms with Crippen LogP contribution in [0.2, 0.25) is 0 Å². The van der Waals surface area contributed by atoms with E-state index in [1.54, 1.807) is 24.3 Å². The molecule has 0 saturated heterocycles. The Balaban J connectivity index is 1.94. The van der Waals surface area contributed by atoms with Gasteiger partial charge in [0.2, 0.25) is 0 Å². The Morgan fingerprint density at radius 3 is 2.68 bits per heavy atom. The molecule has 7 heteroatoms. The SMILES string of the molecule is COc1ccc(O)c(/C=N\NC(=S)Nc2ccc(F)cc2)c1. The number of nitrogens with one attached hydrogen (secondary N) is 2. The molecule has 0 aliphatic carbocycles. The summed E-state index contributed by atoms with van der Waals surface area (Å²) >= 11 is 5.05. The molecule has 0 aliphatic heterocycles. The second-order valence-corrected chi connectivity index (χ2v) is 4.66. The van der Waals surface area contributed by atoms with Crippen LogP contribution in [0.15, 0.2) is 47.6 Å². The van der Waals surface area contributed by atoms with E-state index in [0.29, 0.717) is 17.0 Å². The highest BCUT2D eigenvalue weighted by Crippen LogP contribution is 2.20. The monoisotopic (exact) mass is 319 g/mol. The highest BCUT2D eigenvalue weighted by molar-refractivity contribution is 7.80. The average Bonchev–Trinajstić information content (AvgIpc) is 2.51. The number of halogens is 1. The third-order valence-corrected chi connectivity index (χ3v) is 2.90. The van der Waals surface area contributed by atoms with E-state index < -0.39 is 0 Å². The summed E-state index contributed by atoms with van der Waals surface area (Å²) < 4.78 is 17.8. The van der Waals surface area contributed by atoms with Gasteiger partial charge in [0.05, 0.1) is 13.3 Å². The molecule has 0 aromatic heterocycles. The minimum Gasteiger partial charge on any atom is -0.507 e. The molecule has 0 fully saturated rings. The summed E-state index contributed by atoms with van der Waals surface area (Å²) in [5.74, 6) is 0.353. The smallest absolute Gasteiger partial charge is 0.191 e. The number of nitrogens with zero attached hydrogens (tertiary/aromatic N) is 1. The number of hydrazone groups is 1. The summed E-state index contributed by atoms with van der Waals surface area (Å²) in [4.78, 5) is 0. The molecular weight excluding hydrogens is 305 g/mol. The second kappa shape index (κ2) is 7.37. The molecule has 2 aromatic carbocycles. The van der Waals surface area contributed by atoms with Crippen molar-refractivity contribution < 1.29 is 14.2 Å². The van der Waals surface area contributed by atoms with Crippen LogP contribution in [-0.4, -0.2) is 23.5 Å². The molecule has 0 unspecified atom stereocenters. The first-order valence-electron chi connectivity index (χ1n) is 6.31. The van der Waals surface area contributed by atoms with Gasteiger partial charge in [-0.3, -0.25) is 5.43 Å². The molecular formula is C15H14FN3O2S. The van der Waals surface area contributed by atoms with Crippen LogP contribution in [0.3, 0.4) is 0 Å². The molecule has 22 heavy (non-hydrogen) atoms. The lowest BCUT2D eigenvalue weighted by Gasteiger charge is -2.07. The number of hydrogen-bond donors (Lipinski definition) is 3. The van der Waals surface area contributed by atoms with E-state index in [1.807, 2.05) is 0 Å². The van der Waals surface area contributed by atoms with E-state index in [0.717, 1.165) is 0 Å². The van der Waals surface area contributed by atoms with Gasteiger partial charge in [-0.25, -0.2) is 4.39 Å². The molecule has 0 heterocycles. The normalized spacial score (nSPS) is 10.5. The van der Waals surface area contributed by atoms with Crippen LogP contribution in [0, 0.1) is 5.82 Å². The van der Waals surface area contributed by atoms with E-state index in [4.69, 9.17) is 17.0 Å². The van der Waals surface area contributed by atoms with Crippen LogP contribution in [0.25, 0.3) is 0 Å². The number of methoxy groups -OCH3 is 1. The maximum absolute atomic E-state index is 12.8. The quantitative estimate of drug-likeness (QED) is 0.459. The van der Waals surface area contributed by atoms with E-state index in [1.165, 1.54) is 31.5 Å². The largest absolute Gasteiger partial charge is 0.507 e. The van der Waals surface area contributed by atoms with Crippen LogP contribution in [0.1, 0.15) is 5.56 Å². The molecule has 0 atom stereocenters. The number of thiocarbonyl (C=S) groups is 1. The predicted octanol–water partition coefficient (Wildman–Crippen LogP) is 2.86. The molecule has 3 N–H and O–H groups in total. The van der Waals surface area contributed by atoms with E-state index in [9.17, 15) is 9.50 Å². The Morgan fingerprint density at radius 2 is 2.00 bits per heavy atom. The second-order valence-electron chi connectivity index (χ2n) is 4.26. The molecule has 114 valence electrons. The van der Waals surface area contributed by atoms with Crippen LogP contribution >= 0.6 is 12.2 Å². The van der Waals surface area contributed by atoms with Crippen molar-refractivity contribution in [3.8, 4) is 11.5 Å². The Hall–Kier alpha value is -2.67. The molecule has 0 amide bonds. The zero-order valence-electron chi connectivity index (χ0n) is 11.7. The summed E-state index contributed by atoms with van der Waals surface area (Å²) in [7, 11) is 1.54. The van der Waals surface area contributed by atoms with Crippen molar-refractivity contribution in [3.63, 3.8) is 0 Å². The van der Waals surface area contributed by atoms with Gasteiger partial charge < -0.3 is 15.2 Å². The van der Waals surface area contributed by atoms with Gasteiger partial charge in [0.15, 0.2) is 5.11 Å². The van der Waals surface area contributed by atoms with Gasteiger partial charge in [0, 0.05) is 11.3 Å². The summed E-state index contributed by atoms with van der Waals surface area (Å²) in [5, 5.41) is 16.7. The minimum atomic E-state index is -0.323. The molecule has 0 saturated carbocycles. The van der Waals surface area contributed by atoms with Crippen molar-refractivity contribution in [1.29, 1.82) is 0 Å². The van der Waals surface area contributed by atoms with Crippen molar-refractivity contribution >= 4 is 29.2 Å². The molecule has 0 aliphatic rings. The van der Waals surface area contributed by atoms with E-state index in [-0.39, 0.29) is 16.7 Å². The number of anilines is 1. The number of phenols is 1. The number of benzene rings is 2. The van der Waals surface area contributed by atoms with E-state index in [2.05, 4.69) is 15.8 Å². The first-order valence-corrected chi connectivity index (χ1v) is 6.72. The Morgan fingerprint density at radius 1 is 1.27 bits per heavy atom. The summed E-state index contributed by atoms with van der Waals surface area (Å²) in [5.41, 5.74) is 3.72. The highest BCUT2D eigenvalue weighted by Gasteiger charge is 2.01. The Kier molecular flexibility index (Phi) is 5.26. The van der Waals surface area contributed by atoms with Gasteiger partial charge in [-0.2, -0.15) is 5.10 Å². The van der Waals surface area contributed by atoms with Crippen molar-refractivity contribution in [2.24, 2.45) is 5.10 Å². The fourth-order valence-electron chi connectivity index (χ4n) is 1.62. The van der Waals surface area contributed by atoms with Gasteiger partial charge in [0.1, 0.15) is 17.3 Å². The number of hydrogen-bond acceptors (Lipinski definition) is 4. The molecule has 0 radical (unpaired) electrons. The van der Waals surface area contributed by atoms with Crippen molar-refractivity contribution in [2.45, 2.75) is 0 Å². The topological polar surface area (TPSA) is 65.9 Å². The molecule has 2 aromatic rings. The lowest BCUT2D eigenvalue weighted by Crippen LogP contribution is -2.23. The van der Waals surface area contributed by atoms with Gasteiger partial charge in [-0.05, 0) is 54.7 Å². The number of ether oxygens (including phenoxy) is 1. The number of rotatable bonds is 4. The van der Waals surface area contributed by atoms with Gasteiger partial charge in [-0.1, -0.05) is 0 Å². The Labute approximate surface area is 132 Å². The minimum absolute atomic E-state index is 0.0729. The van der Waals surface area contributed by atoms with Gasteiger partial charge in [0.25, 0.3) is 0 Å². The molecule has 0 bridgehead atoms. The zero-order chi connectivity index (χ0) is 15.9. The lowest BCUT2D eigenvalue weighted by atomic mass is 10.2. The average molecular weight is 319 g/mol. The fraction of sp³-hybridized carbons (Fsp3) is 0.0667. The van der Waals surface area contributed by atoms with Gasteiger partial charge in [-0.15, -0.1) is 0 Å². The summed E-state index contributed by atoms with van der Waals surface area (Å²) in [6.45, 7) is 0. The van der Waals surface area contributed by atoms with Crippen molar-refractivity contribution in [2.75, 3.05) is 12.4 Å². The van der Waals surface area contributed by atoms with Crippen LogP contribution in [0.4, 0.5) is 10.1 Å². The Bertz CT molecular complexity index is 690. The van der Waals surface area contributed by atoms with Crippen LogP contribution < -0.4 is 15.5 Å². The van der Waals surface area contributed by atoms with Crippen LogP contribution in [0.5, 0.6) is 11.5 Å². The first kappa shape index (κ1) is 15.7. The summed E-state index contributed by atoms with van der Waals surface area (Å²) in [6, 6.07) is 10.5. The van der Waals surface area contributed by atoms with Crippen LogP contribution in [-0.2, 0) is 0 Å². The third-order valence-electron chi connectivity index (χ3n) is 2.71. The molecule has 2 rings (SSSR count). The third kappa shape index (κ3) is 4.42. The zero-order valence-corrected chi connectivity index (χ0v) is 12.5. The molecule has 5 nitrogen and oxygen atoms in total. The predicted molar refractivity (Wildman–Crippen MR) is 88.0 cm³/mol. The maximum Gasteiger partial charge on any atom is 0.191 e. The highest BCUT2D eigenvalue weighted by atomic mass is 32.1. The molecule has 0 spiro atoms. The summed E-state index contributed by atoms with van der Waals surface area (Å²) in [6.07, 6.45) is 1.41. The standard InChI is InChI=1S/C15H14FN3O2S/c1-21-13-6-7-14(20)10(8-13)9-17-19-15(22)18-12-4-2-11(16)3-5-12/h2-9,20H,1H3,(H2,18,19,22)/b17-9-. The number of phenolic OH excluding ortho intramolecular Hbond substituents is 1. The van der Waals surface area contributed by atoms with Crippen molar-refractivity contribution in [3.05, 3.63) is 53.8 Å². The van der Waals surface area contributed by atoms with Gasteiger partial charge >= 0.3 is 0 Å².